The molecule has 0 radical (unpaired) electrons. The second kappa shape index (κ2) is 5.62. The summed E-state index contributed by atoms with van der Waals surface area (Å²) in [6.45, 7) is 11.0. The monoisotopic (exact) mass is 283 g/mol. The van der Waals surface area contributed by atoms with Crippen LogP contribution in [0.3, 0.4) is 0 Å². The maximum atomic E-state index is 11.9. The van der Waals surface area contributed by atoms with Crippen molar-refractivity contribution in [3.63, 3.8) is 0 Å². The number of amides is 1. The number of carbonyl (C=O) groups excluding carboxylic acids is 1. The Bertz CT molecular complexity index is 370. The largest absolute Gasteiger partial charge is 0.373 e. The van der Waals surface area contributed by atoms with Crippen LogP contribution in [0, 0.1) is 0 Å². The number of primary amides is 1. The van der Waals surface area contributed by atoms with Crippen LogP contribution in [-0.4, -0.2) is 53.7 Å². The molecule has 0 aromatic carbocycles. The molecule has 20 heavy (non-hydrogen) atoms. The number of hydrogen-bond donors (Lipinski definition) is 2. The molecule has 0 spiro atoms. The molecular formula is C15H29N3O2. The zero-order valence-corrected chi connectivity index (χ0v) is 13.2. The van der Waals surface area contributed by atoms with Gasteiger partial charge in [-0.05, 0) is 47.0 Å². The van der Waals surface area contributed by atoms with Crippen LogP contribution in [0.1, 0.15) is 47.0 Å². The van der Waals surface area contributed by atoms with Gasteiger partial charge in [0, 0.05) is 25.2 Å². The fraction of sp³-hybridized carbons (Fsp3) is 0.933. The lowest BCUT2D eigenvalue weighted by Gasteiger charge is -2.41. The fourth-order valence-electron chi connectivity index (χ4n) is 3.67. The number of nitrogens with two attached hydrogens (primary N) is 1. The lowest BCUT2D eigenvalue weighted by atomic mass is 9.94. The molecule has 1 heterocycles. The summed E-state index contributed by atoms with van der Waals surface area (Å²) in [5, 5.41) is 3.41. The molecule has 1 saturated carbocycles. The summed E-state index contributed by atoms with van der Waals surface area (Å²) in [5.41, 5.74) is 5.06. The van der Waals surface area contributed by atoms with Crippen LogP contribution in [0.4, 0.5) is 0 Å². The minimum Gasteiger partial charge on any atom is -0.373 e. The Kier molecular flexibility index (Phi) is 4.42. The molecule has 5 nitrogen and oxygen atoms in total. The summed E-state index contributed by atoms with van der Waals surface area (Å²) < 4.78 is 5.77. The van der Waals surface area contributed by atoms with Crippen LogP contribution in [0.15, 0.2) is 0 Å². The molecule has 5 heteroatoms. The molecule has 2 unspecified atom stereocenters. The van der Waals surface area contributed by atoms with Crippen molar-refractivity contribution in [1.29, 1.82) is 0 Å². The van der Waals surface area contributed by atoms with Crippen molar-refractivity contribution in [3.8, 4) is 0 Å². The van der Waals surface area contributed by atoms with Gasteiger partial charge < -0.3 is 15.8 Å². The molecule has 2 rings (SSSR count). The van der Waals surface area contributed by atoms with E-state index in [1.54, 1.807) is 0 Å². The molecule has 3 N–H and O–H groups in total. The van der Waals surface area contributed by atoms with E-state index in [1.807, 2.05) is 0 Å². The van der Waals surface area contributed by atoms with Gasteiger partial charge in [-0.1, -0.05) is 0 Å². The predicted octanol–water partition coefficient (Wildman–Crippen LogP) is 0.872. The van der Waals surface area contributed by atoms with Crippen LogP contribution < -0.4 is 11.1 Å². The molecule has 0 aromatic rings. The summed E-state index contributed by atoms with van der Waals surface area (Å²) >= 11 is 0. The maximum Gasteiger partial charge on any atom is 0.237 e. The van der Waals surface area contributed by atoms with Crippen molar-refractivity contribution in [2.45, 2.75) is 70.2 Å². The van der Waals surface area contributed by atoms with Gasteiger partial charge in [0.1, 0.15) is 0 Å². The third-order valence-electron chi connectivity index (χ3n) is 4.50. The van der Waals surface area contributed by atoms with Gasteiger partial charge in [-0.15, -0.1) is 0 Å². The molecule has 1 aliphatic heterocycles. The highest BCUT2D eigenvalue weighted by atomic mass is 16.5. The van der Waals surface area contributed by atoms with Crippen LogP contribution in [-0.2, 0) is 9.53 Å². The summed E-state index contributed by atoms with van der Waals surface area (Å²) in [5.74, 6) is -0.207. The normalized spacial score (nSPS) is 34.5. The standard InChI is InChI=1S/C15H29N3O2/c1-11(2)17-15(13(16)19)6-5-12(9-15)18-7-8-20-14(3,4)10-18/h11-12,17H,5-10H2,1-4H3,(H2,16,19). The summed E-state index contributed by atoms with van der Waals surface area (Å²) in [6, 6.07) is 0.694. The van der Waals surface area contributed by atoms with E-state index in [2.05, 4.69) is 37.9 Å². The molecule has 2 aliphatic rings. The van der Waals surface area contributed by atoms with Crippen LogP contribution >= 0.6 is 0 Å². The smallest absolute Gasteiger partial charge is 0.237 e. The Hall–Kier alpha value is -0.650. The summed E-state index contributed by atoms with van der Waals surface area (Å²) in [6.07, 6.45) is 2.68. The number of hydrogen-bond acceptors (Lipinski definition) is 4. The molecule has 1 aliphatic carbocycles. The van der Waals surface area contributed by atoms with Gasteiger partial charge in [0.2, 0.25) is 5.91 Å². The predicted molar refractivity (Wildman–Crippen MR) is 79.4 cm³/mol. The molecule has 1 amide bonds. The van der Waals surface area contributed by atoms with Crippen molar-refractivity contribution < 1.29 is 9.53 Å². The maximum absolute atomic E-state index is 11.9. The van der Waals surface area contributed by atoms with Gasteiger partial charge in [0.25, 0.3) is 0 Å². The lowest BCUT2D eigenvalue weighted by molar-refractivity contribution is -0.125. The highest BCUT2D eigenvalue weighted by Crippen LogP contribution is 2.35. The van der Waals surface area contributed by atoms with Crippen molar-refractivity contribution in [2.75, 3.05) is 19.7 Å². The number of morpholine rings is 1. The van der Waals surface area contributed by atoms with Gasteiger partial charge in [-0.2, -0.15) is 0 Å². The van der Waals surface area contributed by atoms with E-state index < -0.39 is 5.54 Å². The van der Waals surface area contributed by atoms with E-state index in [0.29, 0.717) is 6.04 Å². The van der Waals surface area contributed by atoms with E-state index >= 15 is 0 Å². The van der Waals surface area contributed by atoms with Gasteiger partial charge in [0.15, 0.2) is 0 Å². The SMILES string of the molecule is CC(C)NC1(C(N)=O)CCC(N2CCOC(C)(C)C2)C1. The zero-order chi connectivity index (χ0) is 15.0. The second-order valence-corrected chi connectivity index (χ2v) is 7.22. The Morgan fingerprint density at radius 1 is 1.45 bits per heavy atom. The fourth-order valence-corrected chi connectivity index (χ4v) is 3.67. The number of nitrogens with one attached hydrogen (secondary N) is 1. The number of rotatable bonds is 4. The van der Waals surface area contributed by atoms with Crippen LogP contribution in [0.2, 0.25) is 0 Å². The van der Waals surface area contributed by atoms with Crippen molar-refractivity contribution in [2.24, 2.45) is 5.73 Å². The van der Waals surface area contributed by atoms with Gasteiger partial charge >= 0.3 is 0 Å². The molecule has 116 valence electrons. The number of ether oxygens (including phenoxy) is 1. The zero-order valence-electron chi connectivity index (χ0n) is 13.2. The topological polar surface area (TPSA) is 67.6 Å². The highest BCUT2D eigenvalue weighted by Gasteiger charge is 2.47. The molecule has 1 saturated heterocycles. The van der Waals surface area contributed by atoms with Gasteiger partial charge in [-0.3, -0.25) is 9.69 Å². The van der Waals surface area contributed by atoms with Crippen LogP contribution in [0.5, 0.6) is 0 Å². The summed E-state index contributed by atoms with van der Waals surface area (Å²) in [7, 11) is 0. The Balaban J connectivity index is 2.04. The quantitative estimate of drug-likeness (QED) is 0.803. The Labute approximate surface area is 122 Å². The van der Waals surface area contributed by atoms with E-state index in [4.69, 9.17) is 10.5 Å². The van der Waals surface area contributed by atoms with Crippen LogP contribution in [0.25, 0.3) is 0 Å². The van der Waals surface area contributed by atoms with Crippen molar-refractivity contribution >= 4 is 5.91 Å². The molecule has 2 fully saturated rings. The van der Waals surface area contributed by atoms with Crippen molar-refractivity contribution in [1.82, 2.24) is 10.2 Å². The van der Waals surface area contributed by atoms with Crippen molar-refractivity contribution in [3.05, 3.63) is 0 Å². The van der Waals surface area contributed by atoms with E-state index in [1.165, 1.54) is 0 Å². The molecule has 2 atom stereocenters. The number of carbonyl (C=O) groups is 1. The Morgan fingerprint density at radius 3 is 2.70 bits per heavy atom. The summed E-state index contributed by atoms with van der Waals surface area (Å²) in [4.78, 5) is 14.4. The first-order valence-corrected chi connectivity index (χ1v) is 7.70. The lowest BCUT2D eigenvalue weighted by Crippen LogP contribution is -2.58. The molecular weight excluding hydrogens is 254 g/mol. The second-order valence-electron chi connectivity index (χ2n) is 7.22. The number of nitrogens with zero attached hydrogens (tertiary/aromatic N) is 1. The van der Waals surface area contributed by atoms with Gasteiger partial charge in [0.05, 0.1) is 17.7 Å². The first-order chi connectivity index (χ1) is 9.24. The highest BCUT2D eigenvalue weighted by molar-refractivity contribution is 5.85. The van der Waals surface area contributed by atoms with E-state index in [-0.39, 0.29) is 17.6 Å². The van der Waals surface area contributed by atoms with E-state index in [9.17, 15) is 4.79 Å². The first kappa shape index (κ1) is 15.7. The minimum absolute atomic E-state index is 0.0955. The third kappa shape index (κ3) is 3.32. The van der Waals surface area contributed by atoms with Gasteiger partial charge in [-0.25, -0.2) is 0 Å². The molecule has 0 bridgehead atoms. The van der Waals surface area contributed by atoms with E-state index in [0.717, 1.165) is 39.0 Å². The first-order valence-electron chi connectivity index (χ1n) is 7.70. The average molecular weight is 283 g/mol. The minimum atomic E-state index is -0.527. The third-order valence-corrected chi connectivity index (χ3v) is 4.50. The Morgan fingerprint density at radius 2 is 2.15 bits per heavy atom. The average Bonchev–Trinajstić information content (AvgIpc) is 2.72. The molecule has 0 aromatic heterocycles.